The largest absolute Gasteiger partial charge is 0.349 e. The minimum Gasteiger partial charge on any atom is -0.349 e. The van der Waals surface area contributed by atoms with Gasteiger partial charge in [0.05, 0.1) is 0 Å². The summed E-state index contributed by atoms with van der Waals surface area (Å²) in [4.78, 5) is 12.9. The lowest BCUT2D eigenvalue weighted by atomic mass is 9.94. The molecule has 0 spiro atoms. The fourth-order valence-corrected chi connectivity index (χ4v) is 3.97. The van der Waals surface area contributed by atoms with E-state index < -0.39 is 0 Å². The smallest absolute Gasteiger partial charge is 0.262 e. The Hall–Kier alpha value is -0.880. The summed E-state index contributed by atoms with van der Waals surface area (Å²) in [5, 5.41) is 8.39. The van der Waals surface area contributed by atoms with Crippen LogP contribution >= 0.6 is 39.7 Å². The Balaban J connectivity index is 0.00000161. The quantitative estimate of drug-likeness (QED) is 0.845. The highest BCUT2D eigenvalue weighted by Crippen LogP contribution is 2.24. The molecular weight excluding hydrogens is 372 g/mol. The Morgan fingerprint density at radius 1 is 1.38 bits per heavy atom. The molecule has 0 saturated carbocycles. The fraction of sp³-hybridized carbons (Fsp3) is 0.267. The first kappa shape index (κ1) is 16.5. The standard InChI is InChI=1S/C15H15BrN2OS.ClH/c16-12-6-8-20-14(12)15(19)18-9-13-11-4-2-1-3-10(11)5-7-17-13;/h1-4,6,8,13,17H,5,7,9H2,(H,18,19);1H. The van der Waals surface area contributed by atoms with Gasteiger partial charge in [0.25, 0.3) is 5.91 Å². The maximum atomic E-state index is 12.1. The van der Waals surface area contributed by atoms with E-state index in [1.807, 2.05) is 11.4 Å². The van der Waals surface area contributed by atoms with Gasteiger partial charge in [-0.15, -0.1) is 23.7 Å². The molecule has 6 heteroatoms. The fourth-order valence-electron chi connectivity index (χ4n) is 2.51. The van der Waals surface area contributed by atoms with Crippen LogP contribution in [0.2, 0.25) is 0 Å². The number of nitrogens with one attached hydrogen (secondary N) is 2. The average Bonchev–Trinajstić information content (AvgIpc) is 2.91. The average molecular weight is 388 g/mol. The molecule has 1 aliphatic heterocycles. The normalized spacial score (nSPS) is 16.7. The molecule has 1 aromatic heterocycles. The third kappa shape index (κ3) is 3.66. The van der Waals surface area contributed by atoms with Gasteiger partial charge in [-0.25, -0.2) is 0 Å². The minimum absolute atomic E-state index is 0. The molecule has 0 saturated heterocycles. The Labute approximate surface area is 142 Å². The summed E-state index contributed by atoms with van der Waals surface area (Å²) in [7, 11) is 0. The van der Waals surface area contributed by atoms with Crippen molar-refractivity contribution in [3.8, 4) is 0 Å². The zero-order chi connectivity index (χ0) is 13.9. The van der Waals surface area contributed by atoms with Crippen LogP contribution in [0.25, 0.3) is 0 Å². The van der Waals surface area contributed by atoms with Crippen LogP contribution in [0.4, 0.5) is 0 Å². The van der Waals surface area contributed by atoms with E-state index in [0.29, 0.717) is 6.54 Å². The minimum atomic E-state index is -0.0169. The van der Waals surface area contributed by atoms with E-state index in [0.717, 1.165) is 22.3 Å². The lowest BCUT2D eigenvalue weighted by molar-refractivity contribution is 0.0952. The lowest BCUT2D eigenvalue weighted by Crippen LogP contribution is -2.38. The molecule has 0 fully saturated rings. The van der Waals surface area contributed by atoms with Crippen molar-refractivity contribution in [2.45, 2.75) is 12.5 Å². The Morgan fingerprint density at radius 3 is 2.95 bits per heavy atom. The van der Waals surface area contributed by atoms with Crippen LogP contribution in [0.3, 0.4) is 0 Å². The number of thiophene rings is 1. The molecule has 0 radical (unpaired) electrons. The predicted octanol–water partition coefficient (Wildman–Crippen LogP) is 3.55. The van der Waals surface area contributed by atoms with Crippen molar-refractivity contribution in [3.05, 3.63) is 56.2 Å². The maximum absolute atomic E-state index is 12.1. The number of rotatable bonds is 3. The second-order valence-electron chi connectivity index (χ2n) is 4.76. The van der Waals surface area contributed by atoms with E-state index >= 15 is 0 Å². The van der Waals surface area contributed by atoms with Gasteiger partial charge in [-0.2, -0.15) is 0 Å². The van der Waals surface area contributed by atoms with E-state index in [2.05, 4.69) is 50.8 Å². The Morgan fingerprint density at radius 2 is 2.19 bits per heavy atom. The second-order valence-corrected chi connectivity index (χ2v) is 6.53. The second kappa shape index (κ2) is 7.40. The highest BCUT2D eigenvalue weighted by Gasteiger charge is 2.20. The summed E-state index contributed by atoms with van der Waals surface area (Å²) in [5.41, 5.74) is 2.67. The molecule has 21 heavy (non-hydrogen) atoms. The molecule has 1 aliphatic rings. The van der Waals surface area contributed by atoms with Gasteiger partial charge in [0, 0.05) is 17.1 Å². The molecule has 112 valence electrons. The van der Waals surface area contributed by atoms with Gasteiger partial charge < -0.3 is 10.6 Å². The van der Waals surface area contributed by atoms with Gasteiger partial charge in [-0.1, -0.05) is 24.3 Å². The van der Waals surface area contributed by atoms with Gasteiger partial charge in [0.2, 0.25) is 0 Å². The number of halogens is 2. The molecule has 1 amide bonds. The molecule has 3 nitrogen and oxygen atoms in total. The molecule has 2 N–H and O–H groups in total. The van der Waals surface area contributed by atoms with E-state index in [4.69, 9.17) is 0 Å². The number of carbonyl (C=O) groups is 1. The van der Waals surface area contributed by atoms with Gasteiger partial charge in [0.15, 0.2) is 0 Å². The topological polar surface area (TPSA) is 41.1 Å². The van der Waals surface area contributed by atoms with Crippen LogP contribution in [0.1, 0.15) is 26.8 Å². The van der Waals surface area contributed by atoms with Crippen molar-refractivity contribution >= 4 is 45.6 Å². The molecule has 2 heterocycles. The molecule has 2 aromatic rings. The van der Waals surface area contributed by atoms with Gasteiger partial charge in [-0.3, -0.25) is 4.79 Å². The van der Waals surface area contributed by atoms with Crippen molar-refractivity contribution in [1.29, 1.82) is 0 Å². The molecule has 1 aromatic carbocycles. The molecular formula is C15H16BrClN2OS. The first-order valence-corrected chi connectivity index (χ1v) is 8.25. The number of benzene rings is 1. The number of amides is 1. The van der Waals surface area contributed by atoms with E-state index in [1.165, 1.54) is 22.5 Å². The highest BCUT2D eigenvalue weighted by molar-refractivity contribution is 9.10. The van der Waals surface area contributed by atoms with Crippen molar-refractivity contribution < 1.29 is 4.79 Å². The lowest BCUT2D eigenvalue weighted by Gasteiger charge is -2.27. The van der Waals surface area contributed by atoms with Crippen molar-refractivity contribution in [3.63, 3.8) is 0 Å². The maximum Gasteiger partial charge on any atom is 0.262 e. The molecule has 1 unspecified atom stereocenters. The summed E-state index contributed by atoms with van der Waals surface area (Å²) < 4.78 is 0.858. The van der Waals surface area contributed by atoms with Crippen molar-refractivity contribution in [1.82, 2.24) is 10.6 Å². The zero-order valence-corrected chi connectivity index (χ0v) is 14.5. The number of hydrogen-bond donors (Lipinski definition) is 2. The summed E-state index contributed by atoms with van der Waals surface area (Å²) >= 11 is 4.84. The highest BCUT2D eigenvalue weighted by atomic mass is 79.9. The van der Waals surface area contributed by atoms with Gasteiger partial charge in [0.1, 0.15) is 4.88 Å². The van der Waals surface area contributed by atoms with Crippen molar-refractivity contribution in [2.24, 2.45) is 0 Å². The van der Waals surface area contributed by atoms with Crippen LogP contribution in [0, 0.1) is 0 Å². The number of hydrogen-bond acceptors (Lipinski definition) is 3. The van der Waals surface area contributed by atoms with Crippen LogP contribution in [0.5, 0.6) is 0 Å². The van der Waals surface area contributed by atoms with Crippen LogP contribution in [0.15, 0.2) is 40.2 Å². The molecule has 0 bridgehead atoms. The van der Waals surface area contributed by atoms with E-state index in [-0.39, 0.29) is 24.4 Å². The van der Waals surface area contributed by atoms with Crippen molar-refractivity contribution in [2.75, 3.05) is 13.1 Å². The Bertz CT molecular complexity index is 632. The van der Waals surface area contributed by atoms with E-state index in [9.17, 15) is 4.79 Å². The first-order chi connectivity index (χ1) is 9.75. The summed E-state index contributed by atoms with van der Waals surface area (Å²) in [6.07, 6.45) is 1.05. The van der Waals surface area contributed by atoms with Crippen LogP contribution in [-0.2, 0) is 6.42 Å². The zero-order valence-electron chi connectivity index (χ0n) is 11.3. The number of fused-ring (bicyclic) bond motifs is 1. The molecule has 1 atom stereocenters. The Kier molecular flexibility index (Phi) is 5.81. The summed E-state index contributed by atoms with van der Waals surface area (Å²) in [6.45, 7) is 1.57. The molecule has 3 rings (SSSR count). The monoisotopic (exact) mass is 386 g/mol. The third-order valence-corrected chi connectivity index (χ3v) is 5.34. The predicted molar refractivity (Wildman–Crippen MR) is 92.5 cm³/mol. The van der Waals surface area contributed by atoms with E-state index in [1.54, 1.807) is 0 Å². The molecule has 0 aliphatic carbocycles. The third-order valence-electron chi connectivity index (χ3n) is 3.51. The van der Waals surface area contributed by atoms with Crippen LogP contribution < -0.4 is 10.6 Å². The van der Waals surface area contributed by atoms with Gasteiger partial charge >= 0.3 is 0 Å². The SMILES string of the molecule is Cl.O=C(NCC1NCCc2ccccc21)c1sccc1Br. The summed E-state index contributed by atoms with van der Waals surface area (Å²) in [5.74, 6) is -0.0169. The van der Waals surface area contributed by atoms with Gasteiger partial charge in [-0.05, 0) is 51.5 Å². The number of carbonyl (C=O) groups excluding carboxylic acids is 1. The summed E-state index contributed by atoms with van der Waals surface area (Å²) in [6, 6.07) is 10.5. The first-order valence-electron chi connectivity index (χ1n) is 6.58. The van der Waals surface area contributed by atoms with Crippen LogP contribution in [-0.4, -0.2) is 19.0 Å².